The second-order valence-corrected chi connectivity index (χ2v) is 8.57. The van der Waals surface area contributed by atoms with Gasteiger partial charge in [-0.15, -0.1) is 0 Å². The second kappa shape index (κ2) is 11.4. The van der Waals surface area contributed by atoms with Crippen molar-refractivity contribution in [2.75, 3.05) is 17.7 Å². The van der Waals surface area contributed by atoms with Gasteiger partial charge in [0.1, 0.15) is 6.61 Å². The average molecular weight is 501 g/mol. The highest BCUT2D eigenvalue weighted by Crippen LogP contribution is 2.29. The summed E-state index contributed by atoms with van der Waals surface area (Å²) in [6.07, 6.45) is 0. The van der Waals surface area contributed by atoms with Gasteiger partial charge in [0.2, 0.25) is 0 Å². The van der Waals surface area contributed by atoms with Crippen LogP contribution in [0.3, 0.4) is 0 Å². The smallest absolute Gasteiger partial charge is 0.255 e. The van der Waals surface area contributed by atoms with E-state index in [4.69, 9.17) is 21.1 Å². The van der Waals surface area contributed by atoms with Crippen molar-refractivity contribution in [3.05, 3.63) is 118 Å². The van der Waals surface area contributed by atoms with Crippen molar-refractivity contribution in [3.63, 3.8) is 0 Å². The van der Waals surface area contributed by atoms with Crippen LogP contribution in [-0.2, 0) is 6.61 Å². The molecule has 7 heteroatoms. The summed E-state index contributed by atoms with van der Waals surface area (Å²) in [4.78, 5) is 25.2. The molecule has 0 aromatic heterocycles. The lowest BCUT2D eigenvalue weighted by atomic mass is 10.1. The number of amides is 2. The number of aryl methyl sites for hydroxylation is 1. The number of halogens is 1. The first kappa shape index (κ1) is 24.8. The van der Waals surface area contributed by atoms with E-state index in [9.17, 15) is 9.59 Å². The Balaban J connectivity index is 1.37. The summed E-state index contributed by atoms with van der Waals surface area (Å²) < 4.78 is 11.3. The minimum Gasteiger partial charge on any atom is -0.493 e. The van der Waals surface area contributed by atoms with Crippen LogP contribution in [0.4, 0.5) is 11.4 Å². The van der Waals surface area contributed by atoms with E-state index in [-0.39, 0.29) is 11.8 Å². The van der Waals surface area contributed by atoms with Crippen LogP contribution in [0, 0.1) is 6.92 Å². The van der Waals surface area contributed by atoms with Gasteiger partial charge >= 0.3 is 0 Å². The number of carbonyl (C=O) groups excluding carboxylic acids is 2. The number of carbonyl (C=O) groups is 2. The predicted molar refractivity (Wildman–Crippen MR) is 142 cm³/mol. The van der Waals surface area contributed by atoms with E-state index in [1.165, 1.54) is 7.11 Å². The molecule has 0 unspecified atom stereocenters. The van der Waals surface area contributed by atoms with Crippen LogP contribution in [0.5, 0.6) is 11.5 Å². The molecule has 4 aromatic carbocycles. The maximum atomic E-state index is 12.8. The number of ether oxygens (including phenoxy) is 2. The summed E-state index contributed by atoms with van der Waals surface area (Å²) in [6.45, 7) is 2.28. The van der Waals surface area contributed by atoms with Gasteiger partial charge in [-0.2, -0.15) is 0 Å². The first-order valence-corrected chi connectivity index (χ1v) is 11.6. The molecular weight excluding hydrogens is 476 g/mol. The molecular formula is C29H25ClN2O4. The first-order chi connectivity index (χ1) is 17.4. The standard InChI is InChI=1S/C29H25ClN2O4/c1-19-4-3-5-21(16-19)28(33)31-24-11-13-25(14-12-24)32-29(34)22-8-15-26(27(17-22)35-2)36-18-20-6-9-23(30)10-7-20/h3-17H,18H2,1-2H3,(H,31,33)(H,32,34). The van der Waals surface area contributed by atoms with Crippen molar-refractivity contribution in [2.24, 2.45) is 0 Å². The fraction of sp³-hybridized carbons (Fsp3) is 0.103. The van der Waals surface area contributed by atoms with E-state index in [1.807, 2.05) is 37.3 Å². The Labute approximate surface area is 214 Å². The highest BCUT2D eigenvalue weighted by molar-refractivity contribution is 6.30. The normalized spacial score (nSPS) is 10.4. The predicted octanol–water partition coefficient (Wildman–Crippen LogP) is 6.74. The van der Waals surface area contributed by atoms with Gasteiger partial charge in [0, 0.05) is 27.5 Å². The molecule has 0 aliphatic heterocycles. The Morgan fingerprint density at radius 3 is 1.94 bits per heavy atom. The van der Waals surface area contributed by atoms with Gasteiger partial charge in [0.25, 0.3) is 11.8 Å². The van der Waals surface area contributed by atoms with Crippen LogP contribution in [0.25, 0.3) is 0 Å². The Morgan fingerprint density at radius 2 is 1.36 bits per heavy atom. The van der Waals surface area contributed by atoms with Crippen LogP contribution in [0.1, 0.15) is 31.8 Å². The summed E-state index contributed by atoms with van der Waals surface area (Å²) in [5, 5.41) is 6.37. The van der Waals surface area contributed by atoms with E-state index in [2.05, 4.69) is 10.6 Å². The third kappa shape index (κ3) is 6.43. The molecule has 0 radical (unpaired) electrons. The Kier molecular flexibility index (Phi) is 7.88. The molecule has 182 valence electrons. The van der Waals surface area contributed by atoms with Gasteiger partial charge in [0.05, 0.1) is 7.11 Å². The molecule has 6 nitrogen and oxygen atoms in total. The molecule has 2 amide bonds. The molecule has 0 bridgehead atoms. The van der Waals surface area contributed by atoms with Gasteiger partial charge < -0.3 is 20.1 Å². The van der Waals surface area contributed by atoms with Crippen molar-refractivity contribution in [3.8, 4) is 11.5 Å². The third-order valence-electron chi connectivity index (χ3n) is 5.41. The highest BCUT2D eigenvalue weighted by atomic mass is 35.5. The molecule has 0 atom stereocenters. The molecule has 0 heterocycles. The van der Waals surface area contributed by atoms with Gasteiger partial charge in [0.15, 0.2) is 11.5 Å². The Bertz CT molecular complexity index is 1370. The SMILES string of the molecule is COc1cc(C(=O)Nc2ccc(NC(=O)c3cccc(C)c3)cc2)ccc1OCc1ccc(Cl)cc1. The molecule has 0 saturated heterocycles. The van der Waals surface area contributed by atoms with Gasteiger partial charge in [-0.25, -0.2) is 0 Å². The van der Waals surface area contributed by atoms with Crippen LogP contribution in [0.15, 0.2) is 91.0 Å². The summed E-state index contributed by atoms with van der Waals surface area (Å²) in [5.74, 6) is 0.485. The number of rotatable bonds is 8. The summed E-state index contributed by atoms with van der Waals surface area (Å²) in [6, 6.07) is 26.7. The van der Waals surface area contributed by atoms with Gasteiger partial charge in [-0.3, -0.25) is 9.59 Å². The van der Waals surface area contributed by atoms with Crippen LogP contribution in [-0.4, -0.2) is 18.9 Å². The van der Waals surface area contributed by atoms with Crippen molar-refractivity contribution in [1.29, 1.82) is 0 Å². The van der Waals surface area contributed by atoms with Crippen LogP contribution in [0.2, 0.25) is 5.02 Å². The van der Waals surface area contributed by atoms with Gasteiger partial charge in [-0.1, -0.05) is 41.4 Å². The van der Waals surface area contributed by atoms with E-state index >= 15 is 0 Å². The zero-order valence-electron chi connectivity index (χ0n) is 19.9. The number of nitrogens with one attached hydrogen (secondary N) is 2. The van der Waals surface area contributed by atoms with Crippen LogP contribution >= 0.6 is 11.6 Å². The van der Waals surface area contributed by atoms with Crippen molar-refractivity contribution >= 4 is 34.8 Å². The summed E-state index contributed by atoms with van der Waals surface area (Å²) in [5.41, 5.74) is 4.20. The number of hydrogen-bond acceptors (Lipinski definition) is 4. The third-order valence-corrected chi connectivity index (χ3v) is 5.67. The van der Waals surface area contributed by atoms with Crippen LogP contribution < -0.4 is 20.1 Å². The Hall–Kier alpha value is -4.29. The largest absolute Gasteiger partial charge is 0.493 e. The molecule has 4 rings (SSSR count). The fourth-order valence-corrected chi connectivity index (χ4v) is 3.63. The number of hydrogen-bond donors (Lipinski definition) is 2. The zero-order valence-corrected chi connectivity index (χ0v) is 20.6. The molecule has 0 spiro atoms. The number of anilines is 2. The maximum absolute atomic E-state index is 12.8. The molecule has 0 aliphatic carbocycles. The zero-order chi connectivity index (χ0) is 25.5. The van der Waals surface area contributed by atoms with E-state index in [1.54, 1.807) is 60.7 Å². The first-order valence-electron chi connectivity index (χ1n) is 11.3. The van der Waals surface area contributed by atoms with Gasteiger partial charge in [-0.05, 0) is 79.2 Å². The summed E-state index contributed by atoms with van der Waals surface area (Å²) in [7, 11) is 1.52. The lowest BCUT2D eigenvalue weighted by Crippen LogP contribution is -2.13. The van der Waals surface area contributed by atoms with E-state index in [0.29, 0.717) is 45.6 Å². The Morgan fingerprint density at radius 1 is 0.750 bits per heavy atom. The molecule has 2 N–H and O–H groups in total. The molecule has 0 aliphatic rings. The highest BCUT2D eigenvalue weighted by Gasteiger charge is 2.12. The monoisotopic (exact) mass is 500 g/mol. The topological polar surface area (TPSA) is 76.7 Å². The molecule has 0 fully saturated rings. The van der Waals surface area contributed by atoms with Crippen molar-refractivity contribution < 1.29 is 19.1 Å². The van der Waals surface area contributed by atoms with E-state index < -0.39 is 0 Å². The lowest BCUT2D eigenvalue weighted by Gasteiger charge is -2.13. The maximum Gasteiger partial charge on any atom is 0.255 e. The number of methoxy groups -OCH3 is 1. The van der Waals surface area contributed by atoms with E-state index in [0.717, 1.165) is 11.1 Å². The summed E-state index contributed by atoms with van der Waals surface area (Å²) >= 11 is 5.92. The quantitative estimate of drug-likeness (QED) is 0.281. The number of benzene rings is 4. The van der Waals surface area contributed by atoms with Crippen molar-refractivity contribution in [2.45, 2.75) is 13.5 Å². The fourth-order valence-electron chi connectivity index (χ4n) is 3.50. The minimum absolute atomic E-state index is 0.194. The average Bonchev–Trinajstić information content (AvgIpc) is 2.89. The lowest BCUT2D eigenvalue weighted by molar-refractivity contribution is 0.101. The minimum atomic E-state index is -0.297. The molecule has 0 saturated carbocycles. The molecule has 4 aromatic rings. The second-order valence-electron chi connectivity index (χ2n) is 8.14. The van der Waals surface area contributed by atoms with Crippen molar-refractivity contribution in [1.82, 2.24) is 0 Å². The molecule has 36 heavy (non-hydrogen) atoms.